The molecule has 28 heavy (non-hydrogen) atoms. The lowest BCUT2D eigenvalue weighted by atomic mass is 10.1. The van der Waals surface area contributed by atoms with Crippen molar-refractivity contribution in [2.75, 3.05) is 10.6 Å². The van der Waals surface area contributed by atoms with Crippen molar-refractivity contribution in [1.82, 2.24) is 9.97 Å². The normalized spacial score (nSPS) is 11.3. The van der Waals surface area contributed by atoms with E-state index in [1.54, 1.807) is 24.3 Å². The molecule has 4 nitrogen and oxygen atoms in total. The standard InChI is InChI=1S/C20H18BrF3N4/c1-2-4-13-7-9-15(10-8-13)27-19-25-12-17(20(22,23)24)18(28-19)26-16-6-3-5-14(21)11-16/h3,5-12H,2,4H2,1H3,(H2,25,26,27,28). The Hall–Kier alpha value is -2.61. The van der Waals surface area contributed by atoms with E-state index in [0.717, 1.165) is 23.5 Å². The zero-order valence-electron chi connectivity index (χ0n) is 15.0. The summed E-state index contributed by atoms with van der Waals surface area (Å²) in [4.78, 5) is 7.88. The smallest absolute Gasteiger partial charge is 0.340 e. The maximum absolute atomic E-state index is 13.4. The summed E-state index contributed by atoms with van der Waals surface area (Å²) < 4.78 is 40.8. The molecule has 0 unspecified atom stereocenters. The molecule has 1 aromatic heterocycles. The average Bonchev–Trinajstić information content (AvgIpc) is 2.63. The molecular weight excluding hydrogens is 433 g/mol. The molecule has 0 saturated carbocycles. The molecule has 146 valence electrons. The van der Waals surface area contributed by atoms with Crippen LogP contribution in [-0.2, 0) is 12.6 Å². The molecule has 8 heteroatoms. The van der Waals surface area contributed by atoms with Crippen molar-refractivity contribution < 1.29 is 13.2 Å². The van der Waals surface area contributed by atoms with Crippen molar-refractivity contribution in [3.05, 3.63) is 70.3 Å². The predicted molar refractivity (Wildman–Crippen MR) is 108 cm³/mol. The lowest BCUT2D eigenvalue weighted by Gasteiger charge is -2.15. The third-order valence-electron chi connectivity index (χ3n) is 3.93. The van der Waals surface area contributed by atoms with Crippen LogP contribution in [0.5, 0.6) is 0 Å². The molecule has 0 atom stereocenters. The summed E-state index contributed by atoms with van der Waals surface area (Å²) >= 11 is 3.30. The van der Waals surface area contributed by atoms with Crippen LogP contribution in [0.3, 0.4) is 0 Å². The van der Waals surface area contributed by atoms with Gasteiger partial charge in [-0.15, -0.1) is 0 Å². The Morgan fingerprint density at radius 3 is 2.39 bits per heavy atom. The summed E-state index contributed by atoms with van der Waals surface area (Å²) in [5, 5.41) is 5.68. The van der Waals surface area contributed by atoms with Gasteiger partial charge in [0.1, 0.15) is 11.4 Å². The zero-order valence-corrected chi connectivity index (χ0v) is 16.6. The van der Waals surface area contributed by atoms with Gasteiger partial charge in [-0.3, -0.25) is 0 Å². The van der Waals surface area contributed by atoms with Crippen molar-refractivity contribution in [3.63, 3.8) is 0 Å². The number of benzene rings is 2. The van der Waals surface area contributed by atoms with E-state index in [9.17, 15) is 13.2 Å². The molecule has 0 aliphatic carbocycles. The minimum absolute atomic E-state index is 0.0775. The molecular formula is C20H18BrF3N4. The summed E-state index contributed by atoms with van der Waals surface area (Å²) in [6, 6.07) is 14.5. The van der Waals surface area contributed by atoms with Crippen LogP contribution < -0.4 is 10.6 Å². The number of aryl methyl sites for hydroxylation is 1. The Labute approximate surface area is 169 Å². The SMILES string of the molecule is CCCc1ccc(Nc2ncc(C(F)(F)F)c(Nc3cccc(Br)c3)n2)cc1. The Bertz CT molecular complexity index is 943. The van der Waals surface area contributed by atoms with Gasteiger partial charge >= 0.3 is 6.18 Å². The number of anilines is 4. The molecule has 0 bridgehead atoms. The van der Waals surface area contributed by atoms with Gasteiger partial charge in [-0.1, -0.05) is 47.5 Å². The predicted octanol–water partition coefficient (Wildman–Crippen LogP) is 6.70. The van der Waals surface area contributed by atoms with E-state index in [1.807, 2.05) is 24.3 Å². The first-order valence-corrected chi connectivity index (χ1v) is 9.47. The van der Waals surface area contributed by atoms with Crippen molar-refractivity contribution in [2.45, 2.75) is 25.9 Å². The number of nitrogens with zero attached hydrogens (tertiary/aromatic N) is 2. The van der Waals surface area contributed by atoms with Gasteiger partial charge in [0.2, 0.25) is 5.95 Å². The van der Waals surface area contributed by atoms with Crippen LogP contribution in [0.15, 0.2) is 59.2 Å². The summed E-state index contributed by atoms with van der Waals surface area (Å²) in [5.74, 6) is -0.237. The van der Waals surface area contributed by atoms with Gasteiger partial charge in [0.25, 0.3) is 0 Å². The number of hydrogen-bond donors (Lipinski definition) is 2. The fourth-order valence-electron chi connectivity index (χ4n) is 2.62. The van der Waals surface area contributed by atoms with E-state index >= 15 is 0 Å². The highest BCUT2D eigenvalue weighted by Crippen LogP contribution is 2.35. The van der Waals surface area contributed by atoms with Gasteiger partial charge in [-0.05, 0) is 42.3 Å². The zero-order chi connectivity index (χ0) is 20.1. The van der Waals surface area contributed by atoms with E-state index in [-0.39, 0.29) is 11.8 Å². The van der Waals surface area contributed by atoms with Gasteiger partial charge in [-0.25, -0.2) is 4.98 Å². The fourth-order valence-corrected chi connectivity index (χ4v) is 3.02. The van der Waals surface area contributed by atoms with E-state index in [2.05, 4.69) is 43.5 Å². The molecule has 3 aromatic rings. The van der Waals surface area contributed by atoms with Crippen LogP contribution in [0.2, 0.25) is 0 Å². The van der Waals surface area contributed by atoms with Crippen molar-refractivity contribution >= 4 is 39.1 Å². The number of alkyl halides is 3. The van der Waals surface area contributed by atoms with Crippen LogP contribution in [0, 0.1) is 0 Å². The van der Waals surface area contributed by atoms with Crippen LogP contribution >= 0.6 is 15.9 Å². The molecule has 0 saturated heterocycles. The third kappa shape index (κ3) is 5.22. The summed E-state index contributed by atoms with van der Waals surface area (Å²) in [5.41, 5.74) is 1.44. The van der Waals surface area contributed by atoms with Gasteiger partial charge in [0.05, 0.1) is 0 Å². The second-order valence-electron chi connectivity index (χ2n) is 6.16. The number of rotatable bonds is 6. The number of halogens is 4. The summed E-state index contributed by atoms with van der Waals surface area (Å²) in [6.45, 7) is 2.10. The van der Waals surface area contributed by atoms with Crippen molar-refractivity contribution in [3.8, 4) is 0 Å². The highest BCUT2D eigenvalue weighted by molar-refractivity contribution is 9.10. The van der Waals surface area contributed by atoms with E-state index in [0.29, 0.717) is 11.4 Å². The minimum Gasteiger partial charge on any atom is -0.340 e. The molecule has 0 amide bonds. The average molecular weight is 451 g/mol. The Kier molecular flexibility index (Phi) is 6.18. The fraction of sp³-hybridized carbons (Fsp3) is 0.200. The molecule has 0 aliphatic rings. The minimum atomic E-state index is -4.57. The van der Waals surface area contributed by atoms with Crippen molar-refractivity contribution in [1.29, 1.82) is 0 Å². The van der Waals surface area contributed by atoms with Gasteiger partial charge in [0.15, 0.2) is 0 Å². The van der Waals surface area contributed by atoms with Crippen LogP contribution in [0.1, 0.15) is 24.5 Å². The molecule has 1 heterocycles. The first-order chi connectivity index (χ1) is 13.3. The molecule has 2 N–H and O–H groups in total. The number of aromatic nitrogens is 2. The second kappa shape index (κ2) is 8.60. The molecule has 0 aliphatic heterocycles. The van der Waals surface area contributed by atoms with E-state index in [4.69, 9.17) is 0 Å². The third-order valence-corrected chi connectivity index (χ3v) is 4.42. The van der Waals surface area contributed by atoms with Crippen LogP contribution in [0.4, 0.5) is 36.3 Å². The molecule has 3 rings (SSSR count). The lowest BCUT2D eigenvalue weighted by molar-refractivity contribution is -0.137. The van der Waals surface area contributed by atoms with Crippen LogP contribution in [-0.4, -0.2) is 9.97 Å². The Morgan fingerprint density at radius 1 is 1.00 bits per heavy atom. The molecule has 2 aromatic carbocycles. The summed E-state index contributed by atoms with van der Waals surface area (Å²) in [6.07, 6.45) is -1.78. The van der Waals surface area contributed by atoms with Gasteiger partial charge in [0, 0.05) is 22.0 Å². The largest absolute Gasteiger partial charge is 0.421 e. The molecule has 0 fully saturated rings. The number of hydrogen-bond acceptors (Lipinski definition) is 4. The quantitative estimate of drug-likeness (QED) is 0.438. The lowest BCUT2D eigenvalue weighted by Crippen LogP contribution is -2.12. The maximum atomic E-state index is 13.4. The highest BCUT2D eigenvalue weighted by atomic mass is 79.9. The second-order valence-corrected chi connectivity index (χ2v) is 7.08. The summed E-state index contributed by atoms with van der Waals surface area (Å²) in [7, 11) is 0. The number of nitrogens with one attached hydrogen (secondary N) is 2. The van der Waals surface area contributed by atoms with Crippen LogP contribution in [0.25, 0.3) is 0 Å². The maximum Gasteiger partial charge on any atom is 0.421 e. The van der Waals surface area contributed by atoms with E-state index < -0.39 is 11.7 Å². The monoisotopic (exact) mass is 450 g/mol. The van der Waals surface area contributed by atoms with Gasteiger partial charge in [-0.2, -0.15) is 18.2 Å². The Balaban J connectivity index is 1.88. The highest BCUT2D eigenvalue weighted by Gasteiger charge is 2.35. The molecule has 0 spiro atoms. The van der Waals surface area contributed by atoms with E-state index in [1.165, 1.54) is 5.56 Å². The van der Waals surface area contributed by atoms with Crippen molar-refractivity contribution in [2.24, 2.45) is 0 Å². The topological polar surface area (TPSA) is 49.8 Å². The first kappa shape index (κ1) is 20.1. The Morgan fingerprint density at radius 2 is 1.75 bits per heavy atom. The van der Waals surface area contributed by atoms with Gasteiger partial charge < -0.3 is 10.6 Å². The first-order valence-electron chi connectivity index (χ1n) is 8.68. The molecule has 0 radical (unpaired) electrons.